The molecular weight excluding hydrogens is 336 g/mol. The van der Waals surface area contributed by atoms with Crippen LogP contribution in [0.4, 0.5) is 8.28 Å². The van der Waals surface area contributed by atoms with E-state index in [1.165, 1.54) is 12.1 Å². The van der Waals surface area contributed by atoms with Gasteiger partial charge in [0.2, 0.25) is 0 Å². The van der Waals surface area contributed by atoms with E-state index in [1.54, 1.807) is 0 Å². The molecule has 0 saturated heterocycles. The first kappa shape index (κ1) is 16.6. The molecule has 2 rings (SSSR count). The lowest BCUT2D eigenvalue weighted by atomic mass is 10.3. The first-order valence-electron chi connectivity index (χ1n) is 6.00. The summed E-state index contributed by atoms with van der Waals surface area (Å²) in [6, 6.07) is 6.76. The Balaban J connectivity index is 2.06. The fourth-order valence-corrected chi connectivity index (χ4v) is 1.90. The highest BCUT2D eigenvalue weighted by molar-refractivity contribution is 7.81. The van der Waals surface area contributed by atoms with Crippen molar-refractivity contribution in [3.63, 3.8) is 0 Å². The maximum absolute atomic E-state index is 13.5. The molecule has 1 aromatic heterocycles. The largest absolute Gasteiger partial charge is 0.488 e. The number of nitrogens with zero attached hydrogens (tertiary/aromatic N) is 1. The molecule has 0 aliphatic carbocycles. The standard InChI is InChI=1S/C13H9F2NO6S/c14-10-5-6-11(13(17)18)16-12(10)7-21-8-1-3-9(4-2-8)22-23(15,19)20/h1-6H,7H2,(H,17,18). The number of carboxylic acids is 1. The van der Waals surface area contributed by atoms with Crippen molar-refractivity contribution in [2.24, 2.45) is 0 Å². The summed E-state index contributed by atoms with van der Waals surface area (Å²) in [5.41, 5.74) is -0.543. The van der Waals surface area contributed by atoms with E-state index in [2.05, 4.69) is 9.17 Å². The van der Waals surface area contributed by atoms with Gasteiger partial charge in [0, 0.05) is 0 Å². The van der Waals surface area contributed by atoms with Crippen molar-refractivity contribution >= 4 is 16.5 Å². The maximum Gasteiger partial charge on any atom is 0.488 e. The Morgan fingerprint density at radius 1 is 1.13 bits per heavy atom. The topological polar surface area (TPSA) is 103 Å². The molecule has 0 aliphatic rings. The first-order valence-corrected chi connectivity index (χ1v) is 7.31. The number of carboxylic acid groups (broad SMARTS) is 1. The minimum Gasteiger partial charge on any atom is -0.487 e. The second kappa shape index (κ2) is 6.57. The fraction of sp³-hybridized carbons (Fsp3) is 0.0769. The van der Waals surface area contributed by atoms with E-state index < -0.39 is 22.3 Å². The van der Waals surface area contributed by atoms with Gasteiger partial charge in [0.25, 0.3) is 0 Å². The number of aromatic carboxylic acids is 1. The molecule has 122 valence electrons. The Bertz CT molecular complexity index is 823. The third-order valence-electron chi connectivity index (χ3n) is 2.53. The quantitative estimate of drug-likeness (QED) is 0.800. The molecule has 1 heterocycles. The van der Waals surface area contributed by atoms with Gasteiger partial charge in [-0.05, 0) is 36.4 Å². The fourth-order valence-electron chi connectivity index (χ4n) is 1.56. The van der Waals surface area contributed by atoms with Crippen LogP contribution in [-0.4, -0.2) is 24.5 Å². The van der Waals surface area contributed by atoms with E-state index in [1.807, 2.05) is 0 Å². The van der Waals surface area contributed by atoms with Gasteiger partial charge in [-0.1, -0.05) is 3.89 Å². The van der Waals surface area contributed by atoms with Crippen LogP contribution in [0.15, 0.2) is 36.4 Å². The van der Waals surface area contributed by atoms with Crippen LogP contribution in [0.25, 0.3) is 0 Å². The van der Waals surface area contributed by atoms with Crippen molar-refractivity contribution in [2.75, 3.05) is 0 Å². The van der Waals surface area contributed by atoms with Gasteiger partial charge in [0.05, 0.1) is 0 Å². The smallest absolute Gasteiger partial charge is 0.487 e. The molecule has 0 radical (unpaired) electrons. The average Bonchev–Trinajstić information content (AvgIpc) is 2.46. The van der Waals surface area contributed by atoms with Gasteiger partial charge in [0.15, 0.2) is 0 Å². The summed E-state index contributed by atoms with van der Waals surface area (Å²) in [5.74, 6) is -2.12. The van der Waals surface area contributed by atoms with E-state index in [9.17, 15) is 21.5 Å². The van der Waals surface area contributed by atoms with Crippen LogP contribution in [0.3, 0.4) is 0 Å². The number of halogens is 2. The Kier molecular flexibility index (Phi) is 4.74. The lowest BCUT2D eigenvalue weighted by Gasteiger charge is -2.08. The summed E-state index contributed by atoms with van der Waals surface area (Å²) in [7, 11) is -5.12. The number of benzene rings is 1. The molecule has 0 saturated carbocycles. The van der Waals surface area contributed by atoms with Gasteiger partial charge in [-0.15, -0.1) is 0 Å². The lowest BCUT2D eigenvalue weighted by molar-refractivity contribution is 0.0689. The molecule has 0 aliphatic heterocycles. The zero-order chi connectivity index (χ0) is 17.0. The molecule has 2 aromatic rings. The lowest BCUT2D eigenvalue weighted by Crippen LogP contribution is -2.07. The Hall–Kier alpha value is -2.75. The summed E-state index contributed by atoms with van der Waals surface area (Å²) in [6.45, 7) is -0.353. The van der Waals surface area contributed by atoms with E-state index in [4.69, 9.17) is 9.84 Å². The van der Waals surface area contributed by atoms with E-state index in [0.717, 1.165) is 24.3 Å². The van der Waals surface area contributed by atoms with Crippen molar-refractivity contribution in [3.05, 3.63) is 53.6 Å². The summed E-state index contributed by atoms with van der Waals surface area (Å²) in [4.78, 5) is 14.4. The molecule has 7 nitrogen and oxygen atoms in total. The monoisotopic (exact) mass is 345 g/mol. The third kappa shape index (κ3) is 4.88. The molecule has 1 N–H and O–H groups in total. The molecule has 0 spiro atoms. The average molecular weight is 345 g/mol. The van der Waals surface area contributed by atoms with E-state index in [-0.39, 0.29) is 29.5 Å². The number of hydrogen-bond donors (Lipinski definition) is 1. The van der Waals surface area contributed by atoms with Crippen LogP contribution in [0.1, 0.15) is 16.2 Å². The van der Waals surface area contributed by atoms with Crippen molar-refractivity contribution in [1.82, 2.24) is 4.98 Å². The summed E-state index contributed by atoms with van der Waals surface area (Å²) < 4.78 is 55.6. The van der Waals surface area contributed by atoms with Crippen LogP contribution < -0.4 is 8.92 Å². The second-order valence-corrected chi connectivity index (χ2v) is 5.12. The Morgan fingerprint density at radius 3 is 2.30 bits per heavy atom. The zero-order valence-electron chi connectivity index (χ0n) is 11.3. The van der Waals surface area contributed by atoms with Crippen LogP contribution in [0.2, 0.25) is 0 Å². The highest BCUT2D eigenvalue weighted by Crippen LogP contribution is 2.20. The van der Waals surface area contributed by atoms with Crippen LogP contribution in [0.5, 0.6) is 11.5 Å². The SMILES string of the molecule is O=C(O)c1ccc(F)c(COc2ccc(OS(=O)(=O)F)cc2)n1. The zero-order valence-corrected chi connectivity index (χ0v) is 12.1. The molecule has 0 amide bonds. The summed E-state index contributed by atoms with van der Waals surface area (Å²) >= 11 is 0. The van der Waals surface area contributed by atoms with Crippen LogP contribution in [0, 0.1) is 5.82 Å². The minimum atomic E-state index is -5.12. The van der Waals surface area contributed by atoms with Crippen molar-refractivity contribution in [1.29, 1.82) is 0 Å². The number of ether oxygens (including phenoxy) is 1. The second-order valence-electron chi connectivity index (χ2n) is 4.17. The van der Waals surface area contributed by atoms with Gasteiger partial charge in [-0.2, -0.15) is 8.42 Å². The van der Waals surface area contributed by atoms with Crippen LogP contribution >= 0.6 is 0 Å². The van der Waals surface area contributed by atoms with Gasteiger partial charge in [-0.3, -0.25) is 0 Å². The molecule has 0 atom stereocenters. The predicted octanol–water partition coefficient (Wildman–Crippen LogP) is 2.09. The summed E-state index contributed by atoms with van der Waals surface area (Å²) in [5, 5.41) is 8.79. The highest BCUT2D eigenvalue weighted by atomic mass is 32.3. The van der Waals surface area contributed by atoms with E-state index >= 15 is 0 Å². The maximum atomic E-state index is 13.5. The van der Waals surface area contributed by atoms with Crippen molar-refractivity contribution in [2.45, 2.75) is 6.61 Å². The number of pyridine rings is 1. The molecular formula is C13H9F2NO6S. The molecule has 1 aromatic carbocycles. The summed E-state index contributed by atoms with van der Waals surface area (Å²) in [6.07, 6.45) is 0. The molecule has 23 heavy (non-hydrogen) atoms. The highest BCUT2D eigenvalue weighted by Gasteiger charge is 2.12. The normalized spacial score (nSPS) is 11.0. The van der Waals surface area contributed by atoms with E-state index in [0.29, 0.717) is 0 Å². The molecule has 10 heteroatoms. The first-order chi connectivity index (χ1) is 10.7. The van der Waals surface area contributed by atoms with Gasteiger partial charge in [0.1, 0.15) is 35.3 Å². The number of carbonyl (C=O) groups is 1. The predicted molar refractivity (Wildman–Crippen MR) is 72.6 cm³/mol. The Morgan fingerprint density at radius 2 is 1.74 bits per heavy atom. The van der Waals surface area contributed by atoms with Crippen LogP contribution in [-0.2, 0) is 17.1 Å². The van der Waals surface area contributed by atoms with Gasteiger partial charge >= 0.3 is 16.5 Å². The number of aromatic nitrogens is 1. The number of hydrogen-bond acceptors (Lipinski definition) is 6. The molecule has 0 unspecified atom stereocenters. The molecule has 0 fully saturated rings. The molecule has 0 bridgehead atoms. The Labute approximate surface area is 129 Å². The van der Waals surface area contributed by atoms with Gasteiger partial charge in [-0.25, -0.2) is 14.2 Å². The van der Waals surface area contributed by atoms with Crippen molar-refractivity contribution < 1.29 is 35.5 Å². The third-order valence-corrected chi connectivity index (χ3v) is 2.92. The van der Waals surface area contributed by atoms with Crippen molar-refractivity contribution in [3.8, 4) is 11.5 Å². The number of rotatable bonds is 6. The minimum absolute atomic E-state index is 0.190. The van der Waals surface area contributed by atoms with Gasteiger partial charge < -0.3 is 14.0 Å².